The average Bonchev–Trinajstić information content (AvgIpc) is 3.09. The highest BCUT2D eigenvalue weighted by atomic mass is 16.2. The first-order chi connectivity index (χ1) is 7.59. The van der Waals surface area contributed by atoms with Crippen LogP contribution in [0.4, 0.5) is 0 Å². The molecule has 1 aliphatic heterocycles. The Kier molecular flexibility index (Phi) is 4.78. The van der Waals surface area contributed by atoms with Crippen molar-refractivity contribution in [1.82, 2.24) is 10.2 Å². The summed E-state index contributed by atoms with van der Waals surface area (Å²) in [6.07, 6.45) is 4.37. The van der Waals surface area contributed by atoms with E-state index in [2.05, 4.69) is 24.2 Å². The predicted octanol–water partition coefficient (Wildman–Crippen LogP) is 2.02. The van der Waals surface area contributed by atoms with E-state index in [9.17, 15) is 4.79 Å². The van der Waals surface area contributed by atoms with Crippen LogP contribution in [0.3, 0.4) is 0 Å². The van der Waals surface area contributed by atoms with Gasteiger partial charge in [-0.2, -0.15) is 0 Å². The molecule has 0 aromatic heterocycles. The zero-order chi connectivity index (χ0) is 12.2. The minimum atomic E-state index is 0.0617. The fraction of sp³-hybridized carbons (Fsp3) is 0.923. The van der Waals surface area contributed by atoms with Crippen molar-refractivity contribution in [3.63, 3.8) is 0 Å². The van der Waals surface area contributed by atoms with E-state index in [1.54, 1.807) is 0 Å². The van der Waals surface area contributed by atoms with Gasteiger partial charge in [0.1, 0.15) is 0 Å². The standard InChI is InChI=1S/C11H20N2O.C2H6/c1-11(5-7-13(2)8-6-11)12-10(14)9-3-4-9;1-2/h9H,3-8H2,1-2H3,(H,12,14);1-2H3. The summed E-state index contributed by atoms with van der Waals surface area (Å²) >= 11 is 0. The largest absolute Gasteiger partial charge is 0.351 e. The van der Waals surface area contributed by atoms with Gasteiger partial charge in [-0.05, 0) is 39.7 Å². The molecule has 1 aliphatic carbocycles. The van der Waals surface area contributed by atoms with Crippen molar-refractivity contribution < 1.29 is 4.79 Å². The lowest BCUT2D eigenvalue weighted by molar-refractivity contribution is -0.124. The van der Waals surface area contributed by atoms with Crippen LogP contribution in [0.5, 0.6) is 0 Å². The van der Waals surface area contributed by atoms with E-state index in [4.69, 9.17) is 0 Å². The Bertz CT molecular complexity index is 228. The van der Waals surface area contributed by atoms with Crippen LogP contribution >= 0.6 is 0 Å². The SMILES string of the molecule is CC.CN1CCC(C)(NC(=O)C2CC2)CC1. The molecule has 94 valence electrons. The van der Waals surface area contributed by atoms with E-state index in [-0.39, 0.29) is 11.4 Å². The number of carbonyl (C=O) groups is 1. The highest BCUT2D eigenvalue weighted by Gasteiger charge is 2.36. The van der Waals surface area contributed by atoms with Crippen LogP contribution in [-0.4, -0.2) is 36.5 Å². The summed E-state index contributed by atoms with van der Waals surface area (Å²) in [5, 5.41) is 3.21. The van der Waals surface area contributed by atoms with Crippen molar-refractivity contribution in [3.05, 3.63) is 0 Å². The van der Waals surface area contributed by atoms with Gasteiger partial charge in [0.05, 0.1) is 0 Å². The molecule has 0 aromatic rings. The van der Waals surface area contributed by atoms with Crippen molar-refractivity contribution >= 4 is 5.91 Å². The Morgan fingerprint density at radius 1 is 1.25 bits per heavy atom. The summed E-state index contributed by atoms with van der Waals surface area (Å²) in [4.78, 5) is 14.0. The van der Waals surface area contributed by atoms with Gasteiger partial charge in [0.15, 0.2) is 0 Å². The first-order valence-electron chi connectivity index (χ1n) is 6.60. The third-order valence-electron chi connectivity index (χ3n) is 3.46. The molecule has 2 fully saturated rings. The van der Waals surface area contributed by atoms with E-state index in [1.807, 2.05) is 13.8 Å². The van der Waals surface area contributed by atoms with E-state index in [0.29, 0.717) is 5.92 Å². The topological polar surface area (TPSA) is 32.3 Å². The lowest BCUT2D eigenvalue weighted by Gasteiger charge is -2.38. The molecule has 0 radical (unpaired) electrons. The molecule has 1 heterocycles. The van der Waals surface area contributed by atoms with Crippen molar-refractivity contribution in [3.8, 4) is 0 Å². The van der Waals surface area contributed by atoms with E-state index >= 15 is 0 Å². The van der Waals surface area contributed by atoms with Crippen LogP contribution in [0, 0.1) is 5.92 Å². The molecule has 1 N–H and O–H groups in total. The van der Waals surface area contributed by atoms with Gasteiger partial charge in [0.25, 0.3) is 0 Å². The number of rotatable bonds is 2. The molecule has 1 amide bonds. The first-order valence-corrected chi connectivity index (χ1v) is 6.60. The Labute approximate surface area is 99.6 Å². The number of hydrogen-bond acceptors (Lipinski definition) is 2. The van der Waals surface area contributed by atoms with Crippen molar-refractivity contribution in [2.75, 3.05) is 20.1 Å². The molecule has 3 nitrogen and oxygen atoms in total. The molecule has 0 bridgehead atoms. The van der Waals surface area contributed by atoms with E-state index in [1.165, 1.54) is 0 Å². The minimum Gasteiger partial charge on any atom is -0.351 e. The quantitative estimate of drug-likeness (QED) is 0.781. The van der Waals surface area contributed by atoms with Gasteiger partial charge in [-0.25, -0.2) is 0 Å². The highest BCUT2D eigenvalue weighted by Crippen LogP contribution is 2.30. The second kappa shape index (κ2) is 5.67. The Morgan fingerprint density at radius 3 is 2.19 bits per heavy atom. The molecule has 0 spiro atoms. The molecule has 1 saturated carbocycles. The molecular weight excluding hydrogens is 200 g/mol. The third-order valence-corrected chi connectivity index (χ3v) is 3.46. The van der Waals surface area contributed by atoms with E-state index < -0.39 is 0 Å². The number of likely N-dealkylation sites (tertiary alicyclic amines) is 1. The third kappa shape index (κ3) is 3.78. The highest BCUT2D eigenvalue weighted by molar-refractivity contribution is 5.81. The molecule has 1 saturated heterocycles. The summed E-state index contributed by atoms with van der Waals surface area (Å²) in [5.74, 6) is 0.628. The molecular formula is C13H26N2O. The molecule has 3 heteroatoms. The van der Waals surface area contributed by atoms with Crippen LogP contribution < -0.4 is 5.32 Å². The molecule has 0 unspecified atom stereocenters. The van der Waals surface area contributed by atoms with Crippen LogP contribution in [0.15, 0.2) is 0 Å². The molecule has 16 heavy (non-hydrogen) atoms. The van der Waals surface area contributed by atoms with Gasteiger partial charge < -0.3 is 10.2 Å². The summed E-state index contributed by atoms with van der Waals surface area (Å²) < 4.78 is 0. The van der Waals surface area contributed by atoms with Gasteiger partial charge in [-0.1, -0.05) is 13.8 Å². The number of nitrogens with zero attached hydrogens (tertiary/aromatic N) is 1. The molecule has 0 atom stereocenters. The van der Waals surface area contributed by atoms with Gasteiger partial charge >= 0.3 is 0 Å². The first kappa shape index (κ1) is 13.5. The number of amides is 1. The molecule has 0 aromatic carbocycles. The van der Waals surface area contributed by atoms with Crippen LogP contribution in [0.1, 0.15) is 46.5 Å². The summed E-state index contributed by atoms with van der Waals surface area (Å²) in [6, 6.07) is 0. The van der Waals surface area contributed by atoms with E-state index in [0.717, 1.165) is 38.8 Å². The fourth-order valence-electron chi connectivity index (χ4n) is 1.98. The Balaban J connectivity index is 0.000000606. The fourth-order valence-corrected chi connectivity index (χ4v) is 1.98. The Morgan fingerprint density at radius 2 is 1.75 bits per heavy atom. The maximum Gasteiger partial charge on any atom is 0.223 e. The number of hydrogen-bond donors (Lipinski definition) is 1. The number of carbonyl (C=O) groups excluding carboxylic acids is 1. The number of piperidine rings is 1. The van der Waals surface area contributed by atoms with Crippen molar-refractivity contribution in [2.24, 2.45) is 5.92 Å². The van der Waals surface area contributed by atoms with Crippen molar-refractivity contribution in [2.45, 2.75) is 52.0 Å². The second-order valence-electron chi connectivity index (χ2n) is 5.13. The predicted molar refractivity (Wildman–Crippen MR) is 67.4 cm³/mol. The van der Waals surface area contributed by atoms with Crippen LogP contribution in [0.25, 0.3) is 0 Å². The van der Waals surface area contributed by atoms with Gasteiger partial charge in [-0.15, -0.1) is 0 Å². The molecule has 2 aliphatic rings. The minimum absolute atomic E-state index is 0.0617. The molecule has 2 rings (SSSR count). The van der Waals surface area contributed by atoms with Crippen molar-refractivity contribution in [1.29, 1.82) is 0 Å². The lowest BCUT2D eigenvalue weighted by atomic mass is 9.89. The van der Waals surface area contributed by atoms with Crippen LogP contribution in [-0.2, 0) is 4.79 Å². The van der Waals surface area contributed by atoms with Gasteiger partial charge in [0, 0.05) is 24.5 Å². The summed E-state index contributed by atoms with van der Waals surface area (Å²) in [6.45, 7) is 8.38. The average molecular weight is 226 g/mol. The Hall–Kier alpha value is -0.570. The maximum atomic E-state index is 11.6. The summed E-state index contributed by atoms with van der Waals surface area (Å²) in [5.41, 5.74) is 0.0617. The number of nitrogens with one attached hydrogen (secondary N) is 1. The normalized spacial score (nSPS) is 24.2. The lowest BCUT2D eigenvalue weighted by Crippen LogP contribution is -2.53. The zero-order valence-corrected chi connectivity index (χ0v) is 11.2. The second-order valence-corrected chi connectivity index (χ2v) is 5.13. The monoisotopic (exact) mass is 226 g/mol. The maximum absolute atomic E-state index is 11.6. The zero-order valence-electron chi connectivity index (χ0n) is 11.2. The van der Waals surface area contributed by atoms with Gasteiger partial charge in [0.2, 0.25) is 5.91 Å². The summed E-state index contributed by atoms with van der Waals surface area (Å²) in [7, 11) is 2.14. The smallest absolute Gasteiger partial charge is 0.223 e. The van der Waals surface area contributed by atoms with Gasteiger partial charge in [-0.3, -0.25) is 4.79 Å². The van der Waals surface area contributed by atoms with Crippen LogP contribution in [0.2, 0.25) is 0 Å².